The van der Waals surface area contributed by atoms with Gasteiger partial charge in [0.1, 0.15) is 5.82 Å². The van der Waals surface area contributed by atoms with Gasteiger partial charge in [0, 0.05) is 19.1 Å². The van der Waals surface area contributed by atoms with Crippen LogP contribution < -0.4 is 5.32 Å². The summed E-state index contributed by atoms with van der Waals surface area (Å²) < 4.78 is 12.9. The maximum atomic E-state index is 12.9. The van der Waals surface area contributed by atoms with Crippen molar-refractivity contribution in [2.75, 3.05) is 19.6 Å². The molecule has 2 fully saturated rings. The first-order chi connectivity index (χ1) is 10.6. The molecule has 1 aliphatic carbocycles. The zero-order valence-electron chi connectivity index (χ0n) is 12.7. The van der Waals surface area contributed by atoms with Crippen molar-refractivity contribution in [3.05, 3.63) is 35.6 Å². The predicted molar refractivity (Wildman–Crippen MR) is 81.7 cm³/mol. The van der Waals surface area contributed by atoms with E-state index in [2.05, 4.69) is 5.32 Å². The number of nitrogens with zero attached hydrogens (tertiary/aromatic N) is 1. The summed E-state index contributed by atoms with van der Waals surface area (Å²) in [4.78, 5) is 14.0. The first-order valence-electron chi connectivity index (χ1n) is 8.08. The summed E-state index contributed by atoms with van der Waals surface area (Å²) >= 11 is 0. The average Bonchev–Trinajstić information content (AvgIpc) is 3.37. The second kappa shape index (κ2) is 6.75. The van der Waals surface area contributed by atoms with E-state index in [4.69, 9.17) is 0 Å². The lowest BCUT2D eigenvalue weighted by Gasteiger charge is -2.34. The van der Waals surface area contributed by atoms with Gasteiger partial charge in [-0.25, -0.2) is 4.39 Å². The second-order valence-electron chi connectivity index (χ2n) is 6.37. The highest BCUT2D eigenvalue weighted by atomic mass is 19.1. The summed E-state index contributed by atoms with van der Waals surface area (Å²) in [6.45, 7) is 1.80. The quantitative estimate of drug-likeness (QED) is 0.873. The Balaban J connectivity index is 1.47. The number of carbonyl (C=O) groups is 1. The fraction of sp³-hybridized carbons (Fsp3) is 0.588. The van der Waals surface area contributed by atoms with Crippen molar-refractivity contribution in [1.82, 2.24) is 10.2 Å². The largest absolute Gasteiger partial charge is 0.388 e. The molecule has 120 valence electrons. The van der Waals surface area contributed by atoms with Gasteiger partial charge in [-0.15, -0.1) is 0 Å². The van der Waals surface area contributed by atoms with Gasteiger partial charge in [0.15, 0.2) is 0 Å². The van der Waals surface area contributed by atoms with Crippen LogP contribution >= 0.6 is 0 Å². The number of carbonyl (C=O) groups excluding carboxylic acids is 1. The maximum Gasteiger partial charge on any atom is 0.236 e. The van der Waals surface area contributed by atoms with Crippen LogP contribution in [0.2, 0.25) is 0 Å². The lowest BCUT2D eigenvalue weighted by atomic mass is 9.87. The minimum absolute atomic E-state index is 0.130. The SMILES string of the molecule is O=C(CNC1CC1)N1CCC(C(O)c2ccc(F)cc2)CC1. The molecular formula is C17H23FN2O2. The van der Waals surface area contributed by atoms with E-state index in [-0.39, 0.29) is 17.6 Å². The van der Waals surface area contributed by atoms with Crippen molar-refractivity contribution in [1.29, 1.82) is 0 Å². The molecule has 1 unspecified atom stereocenters. The molecule has 2 N–H and O–H groups in total. The molecule has 0 bridgehead atoms. The summed E-state index contributed by atoms with van der Waals surface area (Å²) in [7, 11) is 0. The van der Waals surface area contributed by atoms with Gasteiger partial charge >= 0.3 is 0 Å². The molecule has 22 heavy (non-hydrogen) atoms. The van der Waals surface area contributed by atoms with Crippen molar-refractivity contribution >= 4 is 5.91 Å². The van der Waals surface area contributed by atoms with Gasteiger partial charge in [0.25, 0.3) is 0 Å². The molecule has 1 atom stereocenters. The van der Waals surface area contributed by atoms with Crippen LogP contribution in [0, 0.1) is 11.7 Å². The van der Waals surface area contributed by atoms with Crippen LogP contribution in [-0.2, 0) is 4.79 Å². The van der Waals surface area contributed by atoms with Gasteiger partial charge in [-0.1, -0.05) is 12.1 Å². The van der Waals surface area contributed by atoms with Gasteiger partial charge in [0.05, 0.1) is 12.6 Å². The van der Waals surface area contributed by atoms with Gasteiger partial charge in [-0.05, 0) is 49.3 Å². The standard InChI is InChI=1S/C17H23FN2O2/c18-14-3-1-12(2-4-14)17(22)13-7-9-20(10-8-13)16(21)11-19-15-5-6-15/h1-4,13,15,17,19,22H,5-11H2. The van der Waals surface area contributed by atoms with Crippen molar-refractivity contribution in [3.63, 3.8) is 0 Å². The average molecular weight is 306 g/mol. The number of halogens is 1. The zero-order valence-corrected chi connectivity index (χ0v) is 12.7. The van der Waals surface area contributed by atoms with E-state index in [9.17, 15) is 14.3 Å². The molecule has 1 saturated carbocycles. The first kappa shape index (κ1) is 15.4. The Morgan fingerprint density at radius 1 is 1.23 bits per heavy atom. The van der Waals surface area contributed by atoms with E-state index in [1.807, 2.05) is 4.90 Å². The lowest BCUT2D eigenvalue weighted by molar-refractivity contribution is -0.132. The number of piperidine rings is 1. The number of hydrogen-bond donors (Lipinski definition) is 2. The Bertz CT molecular complexity index is 508. The van der Waals surface area contributed by atoms with E-state index >= 15 is 0 Å². The third-order valence-corrected chi connectivity index (χ3v) is 4.67. The molecule has 4 nitrogen and oxygen atoms in total. The fourth-order valence-corrected chi connectivity index (χ4v) is 3.03. The highest BCUT2D eigenvalue weighted by Crippen LogP contribution is 2.30. The summed E-state index contributed by atoms with van der Waals surface area (Å²) in [6, 6.07) is 6.57. The number of aliphatic hydroxyl groups excluding tert-OH is 1. The van der Waals surface area contributed by atoms with Crippen LogP contribution in [0.15, 0.2) is 24.3 Å². The fourth-order valence-electron chi connectivity index (χ4n) is 3.03. The number of amides is 1. The minimum Gasteiger partial charge on any atom is -0.388 e. The topological polar surface area (TPSA) is 52.6 Å². The van der Waals surface area contributed by atoms with Gasteiger partial charge in [-0.2, -0.15) is 0 Å². The van der Waals surface area contributed by atoms with Gasteiger partial charge in [0.2, 0.25) is 5.91 Å². The molecule has 1 heterocycles. The Hall–Kier alpha value is -1.46. The normalized spacial score (nSPS) is 20.9. The number of benzene rings is 1. The van der Waals surface area contributed by atoms with Crippen molar-refractivity contribution in [2.24, 2.45) is 5.92 Å². The number of aliphatic hydroxyl groups is 1. The molecule has 1 aliphatic heterocycles. The summed E-state index contributed by atoms with van der Waals surface area (Å²) in [5.74, 6) is -0.00736. The van der Waals surface area contributed by atoms with Crippen LogP contribution in [-0.4, -0.2) is 41.6 Å². The third kappa shape index (κ3) is 3.84. The van der Waals surface area contributed by atoms with E-state index in [1.165, 1.54) is 25.0 Å². The van der Waals surface area contributed by atoms with Crippen LogP contribution in [0.3, 0.4) is 0 Å². The predicted octanol–water partition coefficient (Wildman–Crippen LogP) is 1.85. The van der Waals surface area contributed by atoms with E-state index in [0.29, 0.717) is 25.7 Å². The monoisotopic (exact) mass is 306 g/mol. The molecule has 0 aromatic heterocycles. The molecule has 1 aromatic rings. The number of nitrogens with one attached hydrogen (secondary N) is 1. The van der Waals surface area contributed by atoms with Gasteiger partial charge in [-0.3, -0.25) is 4.79 Å². The molecule has 0 spiro atoms. The van der Waals surface area contributed by atoms with Crippen LogP contribution in [0.25, 0.3) is 0 Å². The molecular weight excluding hydrogens is 283 g/mol. The number of rotatable bonds is 5. The molecule has 2 aliphatic rings. The molecule has 1 aromatic carbocycles. The smallest absolute Gasteiger partial charge is 0.236 e. The molecule has 3 rings (SSSR count). The first-order valence-corrected chi connectivity index (χ1v) is 8.08. The Labute approximate surface area is 130 Å². The highest BCUT2D eigenvalue weighted by molar-refractivity contribution is 5.78. The van der Waals surface area contributed by atoms with Crippen LogP contribution in [0.5, 0.6) is 0 Å². The Morgan fingerprint density at radius 2 is 1.86 bits per heavy atom. The van der Waals surface area contributed by atoms with Crippen molar-refractivity contribution < 1.29 is 14.3 Å². The zero-order chi connectivity index (χ0) is 15.5. The van der Waals surface area contributed by atoms with Crippen molar-refractivity contribution in [3.8, 4) is 0 Å². The van der Waals surface area contributed by atoms with Crippen LogP contribution in [0.4, 0.5) is 4.39 Å². The van der Waals surface area contributed by atoms with E-state index in [1.54, 1.807) is 12.1 Å². The molecule has 1 saturated heterocycles. The third-order valence-electron chi connectivity index (χ3n) is 4.67. The van der Waals surface area contributed by atoms with Crippen molar-refractivity contribution in [2.45, 2.75) is 37.8 Å². The molecule has 5 heteroatoms. The summed E-state index contributed by atoms with van der Waals surface area (Å²) in [6.07, 6.45) is 3.35. The van der Waals surface area contributed by atoms with Crippen LogP contribution in [0.1, 0.15) is 37.4 Å². The van der Waals surface area contributed by atoms with Gasteiger partial charge < -0.3 is 15.3 Å². The maximum absolute atomic E-state index is 12.9. The van der Waals surface area contributed by atoms with E-state index < -0.39 is 6.10 Å². The summed E-state index contributed by atoms with van der Waals surface area (Å²) in [5, 5.41) is 13.6. The number of hydrogen-bond acceptors (Lipinski definition) is 3. The van der Waals surface area contributed by atoms with E-state index in [0.717, 1.165) is 18.4 Å². The number of likely N-dealkylation sites (tertiary alicyclic amines) is 1. The molecule has 0 radical (unpaired) electrons. The Kier molecular flexibility index (Phi) is 4.74. The Morgan fingerprint density at radius 3 is 2.45 bits per heavy atom. The second-order valence-corrected chi connectivity index (χ2v) is 6.37. The minimum atomic E-state index is -0.581. The molecule has 1 amide bonds. The lowest BCUT2D eigenvalue weighted by Crippen LogP contribution is -2.44. The summed E-state index contributed by atoms with van der Waals surface area (Å²) in [5.41, 5.74) is 0.751. The highest BCUT2D eigenvalue weighted by Gasteiger charge is 2.29.